The summed E-state index contributed by atoms with van der Waals surface area (Å²) in [5.41, 5.74) is 2.27. The molecular formula is C12H11N3O3S2. The minimum Gasteiger partial charge on any atom is -0.267 e. The van der Waals surface area contributed by atoms with E-state index in [-0.39, 0.29) is 4.90 Å². The molecule has 1 saturated carbocycles. The molecule has 0 radical (unpaired) electrons. The summed E-state index contributed by atoms with van der Waals surface area (Å²) in [6.45, 7) is 0. The second kappa shape index (κ2) is 4.95. The number of thiazole rings is 1. The number of hydrogen-bond donors (Lipinski definition) is 1. The molecule has 2 aromatic heterocycles. The standard InChI is InChI=1S/C12H11N3O3S2/c16-12(11-10(8-3-4-8)14-7-19-11)15-20(17,18)9-2-1-5-13-6-9/h1-2,5-8H,3-4H2,(H,15,16). The number of carbonyl (C=O) groups is 1. The summed E-state index contributed by atoms with van der Waals surface area (Å²) in [5, 5.41) is 0. The van der Waals surface area contributed by atoms with Crippen LogP contribution in [0, 0.1) is 0 Å². The third kappa shape index (κ3) is 2.56. The van der Waals surface area contributed by atoms with E-state index in [0.717, 1.165) is 24.2 Å². The molecular weight excluding hydrogens is 298 g/mol. The molecule has 8 heteroatoms. The number of hydrogen-bond acceptors (Lipinski definition) is 6. The van der Waals surface area contributed by atoms with Gasteiger partial charge in [0.1, 0.15) is 9.77 Å². The molecule has 2 aromatic rings. The van der Waals surface area contributed by atoms with Gasteiger partial charge in [-0.15, -0.1) is 11.3 Å². The molecule has 0 bridgehead atoms. The van der Waals surface area contributed by atoms with Crippen molar-refractivity contribution in [2.75, 3.05) is 0 Å². The first kappa shape index (κ1) is 13.2. The Bertz CT molecular complexity index is 736. The van der Waals surface area contributed by atoms with Crippen LogP contribution in [-0.4, -0.2) is 24.3 Å². The minimum absolute atomic E-state index is 0.0363. The quantitative estimate of drug-likeness (QED) is 0.925. The van der Waals surface area contributed by atoms with Crippen LogP contribution >= 0.6 is 11.3 Å². The highest BCUT2D eigenvalue weighted by molar-refractivity contribution is 7.90. The van der Waals surface area contributed by atoms with E-state index in [4.69, 9.17) is 0 Å². The molecule has 0 saturated heterocycles. The lowest BCUT2D eigenvalue weighted by atomic mass is 10.2. The van der Waals surface area contributed by atoms with Gasteiger partial charge in [-0.05, 0) is 25.0 Å². The zero-order valence-electron chi connectivity index (χ0n) is 10.3. The Labute approximate surface area is 119 Å². The minimum atomic E-state index is -3.89. The molecule has 0 aliphatic heterocycles. The van der Waals surface area contributed by atoms with Gasteiger partial charge in [0.15, 0.2) is 0 Å². The van der Waals surface area contributed by atoms with Crippen molar-refractivity contribution in [2.45, 2.75) is 23.7 Å². The fourth-order valence-corrected chi connectivity index (χ4v) is 3.56. The summed E-state index contributed by atoms with van der Waals surface area (Å²) in [5.74, 6) is -0.332. The molecule has 0 atom stereocenters. The molecule has 1 N–H and O–H groups in total. The van der Waals surface area contributed by atoms with E-state index >= 15 is 0 Å². The topological polar surface area (TPSA) is 89.0 Å². The van der Waals surface area contributed by atoms with Gasteiger partial charge in [0, 0.05) is 18.3 Å². The van der Waals surface area contributed by atoms with Crippen molar-refractivity contribution in [3.8, 4) is 0 Å². The van der Waals surface area contributed by atoms with Crippen molar-refractivity contribution < 1.29 is 13.2 Å². The van der Waals surface area contributed by atoms with Crippen LogP contribution in [0.3, 0.4) is 0 Å². The lowest BCUT2D eigenvalue weighted by Crippen LogP contribution is -2.30. The van der Waals surface area contributed by atoms with Gasteiger partial charge < -0.3 is 0 Å². The summed E-state index contributed by atoms with van der Waals surface area (Å²) in [6, 6.07) is 2.89. The largest absolute Gasteiger partial charge is 0.277 e. The highest BCUT2D eigenvalue weighted by Gasteiger charge is 2.31. The Balaban J connectivity index is 1.84. The van der Waals surface area contributed by atoms with Crippen LogP contribution in [0.5, 0.6) is 0 Å². The van der Waals surface area contributed by atoms with Gasteiger partial charge in [-0.3, -0.25) is 9.78 Å². The zero-order chi connectivity index (χ0) is 14.2. The molecule has 20 heavy (non-hydrogen) atoms. The lowest BCUT2D eigenvalue weighted by molar-refractivity contribution is 0.0984. The van der Waals surface area contributed by atoms with Gasteiger partial charge in [-0.2, -0.15) is 0 Å². The van der Waals surface area contributed by atoms with E-state index in [1.165, 1.54) is 24.5 Å². The number of nitrogens with zero attached hydrogens (tertiary/aromatic N) is 2. The normalized spacial score (nSPS) is 15.0. The fourth-order valence-electron chi connectivity index (χ4n) is 1.81. The monoisotopic (exact) mass is 309 g/mol. The number of aromatic nitrogens is 2. The van der Waals surface area contributed by atoms with E-state index in [1.54, 1.807) is 5.51 Å². The maximum absolute atomic E-state index is 12.1. The van der Waals surface area contributed by atoms with E-state index in [1.807, 2.05) is 0 Å². The molecule has 0 aromatic carbocycles. The third-order valence-corrected chi connectivity index (χ3v) is 5.09. The first-order valence-electron chi connectivity index (χ1n) is 5.98. The predicted molar refractivity (Wildman–Crippen MR) is 73.0 cm³/mol. The van der Waals surface area contributed by atoms with Gasteiger partial charge in [-0.1, -0.05) is 0 Å². The Kier molecular flexibility index (Phi) is 3.27. The SMILES string of the molecule is O=C(NS(=O)(=O)c1cccnc1)c1scnc1C1CC1. The van der Waals surface area contributed by atoms with E-state index in [9.17, 15) is 13.2 Å². The van der Waals surface area contributed by atoms with Crippen LogP contribution < -0.4 is 4.72 Å². The van der Waals surface area contributed by atoms with Gasteiger partial charge in [-0.25, -0.2) is 18.1 Å². The molecule has 0 spiro atoms. The number of pyridine rings is 1. The Morgan fingerprint density at radius 2 is 2.20 bits per heavy atom. The molecule has 3 rings (SSSR count). The molecule has 6 nitrogen and oxygen atoms in total. The van der Waals surface area contributed by atoms with Crippen molar-refractivity contribution in [2.24, 2.45) is 0 Å². The number of carbonyl (C=O) groups excluding carboxylic acids is 1. The van der Waals surface area contributed by atoms with Gasteiger partial charge in [0.05, 0.1) is 11.2 Å². The third-order valence-electron chi connectivity index (χ3n) is 2.94. The Morgan fingerprint density at radius 3 is 2.85 bits per heavy atom. The van der Waals surface area contributed by atoms with Crippen molar-refractivity contribution in [3.05, 3.63) is 40.6 Å². The summed E-state index contributed by atoms with van der Waals surface area (Å²) in [4.78, 5) is 20.3. The number of rotatable bonds is 4. The fraction of sp³-hybridized carbons (Fsp3) is 0.250. The lowest BCUT2D eigenvalue weighted by Gasteiger charge is -2.06. The first-order chi connectivity index (χ1) is 9.58. The van der Waals surface area contributed by atoms with Crippen LogP contribution in [0.4, 0.5) is 0 Å². The molecule has 0 unspecified atom stereocenters. The molecule has 104 valence electrons. The average molecular weight is 309 g/mol. The maximum Gasteiger partial charge on any atom is 0.277 e. The van der Waals surface area contributed by atoms with Gasteiger partial charge >= 0.3 is 0 Å². The Morgan fingerprint density at radius 1 is 1.40 bits per heavy atom. The van der Waals surface area contributed by atoms with Crippen molar-refractivity contribution in [3.63, 3.8) is 0 Å². The van der Waals surface area contributed by atoms with Crippen molar-refractivity contribution in [1.82, 2.24) is 14.7 Å². The second-order valence-electron chi connectivity index (χ2n) is 4.46. The van der Waals surface area contributed by atoms with E-state index in [0.29, 0.717) is 16.5 Å². The van der Waals surface area contributed by atoms with Crippen LogP contribution in [0.1, 0.15) is 34.1 Å². The van der Waals surface area contributed by atoms with Crippen molar-refractivity contribution >= 4 is 27.3 Å². The van der Waals surface area contributed by atoms with Gasteiger partial charge in [0.25, 0.3) is 15.9 Å². The second-order valence-corrected chi connectivity index (χ2v) is 7.00. The zero-order valence-corrected chi connectivity index (χ0v) is 11.9. The molecule has 1 aliphatic carbocycles. The van der Waals surface area contributed by atoms with Crippen LogP contribution in [0.2, 0.25) is 0 Å². The molecule has 1 aliphatic rings. The van der Waals surface area contributed by atoms with Crippen molar-refractivity contribution in [1.29, 1.82) is 0 Å². The molecule has 1 fully saturated rings. The van der Waals surface area contributed by atoms with E-state index < -0.39 is 15.9 Å². The summed E-state index contributed by atoms with van der Waals surface area (Å²) >= 11 is 1.16. The summed E-state index contributed by atoms with van der Waals surface area (Å²) in [7, 11) is -3.89. The Hall–Kier alpha value is -1.80. The molecule has 2 heterocycles. The smallest absolute Gasteiger partial charge is 0.267 e. The number of nitrogens with one attached hydrogen (secondary N) is 1. The number of sulfonamides is 1. The summed E-state index contributed by atoms with van der Waals surface area (Å²) in [6.07, 6.45) is 4.66. The molecule has 1 amide bonds. The van der Waals surface area contributed by atoms with Gasteiger partial charge in [0.2, 0.25) is 0 Å². The number of amides is 1. The van der Waals surface area contributed by atoms with Crippen LogP contribution in [-0.2, 0) is 10.0 Å². The first-order valence-corrected chi connectivity index (χ1v) is 8.35. The van der Waals surface area contributed by atoms with Crippen LogP contribution in [0.25, 0.3) is 0 Å². The predicted octanol–water partition coefficient (Wildman–Crippen LogP) is 1.53. The van der Waals surface area contributed by atoms with E-state index in [2.05, 4.69) is 14.7 Å². The average Bonchev–Trinajstić information content (AvgIpc) is 3.16. The summed E-state index contributed by atoms with van der Waals surface area (Å²) < 4.78 is 26.2. The highest BCUT2D eigenvalue weighted by atomic mass is 32.2. The highest BCUT2D eigenvalue weighted by Crippen LogP contribution is 2.41. The maximum atomic E-state index is 12.1. The van der Waals surface area contributed by atoms with Crippen LogP contribution in [0.15, 0.2) is 34.9 Å².